The zero-order valence-electron chi connectivity index (χ0n) is 12.4. The molecule has 1 heterocycles. The first-order valence-electron chi connectivity index (χ1n) is 7.17. The summed E-state index contributed by atoms with van der Waals surface area (Å²) in [5, 5.41) is 9.11. The number of carbonyl (C=O) groups is 2. The van der Waals surface area contributed by atoms with Crippen molar-refractivity contribution in [3.05, 3.63) is 29.8 Å². The molecule has 5 nitrogen and oxygen atoms in total. The summed E-state index contributed by atoms with van der Waals surface area (Å²) in [6.07, 6.45) is 0. The van der Waals surface area contributed by atoms with Crippen molar-refractivity contribution in [1.82, 2.24) is 4.90 Å². The minimum absolute atomic E-state index is 0.0219. The lowest BCUT2D eigenvalue weighted by Crippen LogP contribution is -2.27. The zero-order chi connectivity index (χ0) is 15.4. The molecule has 0 bridgehead atoms. The number of rotatable bonds is 6. The smallest absolute Gasteiger partial charge is 0.308 e. The quantitative estimate of drug-likeness (QED) is 0.811. The Kier molecular flexibility index (Phi) is 4.96. The van der Waals surface area contributed by atoms with Gasteiger partial charge in [-0.15, -0.1) is 0 Å². The van der Waals surface area contributed by atoms with Crippen LogP contribution in [-0.2, 0) is 4.79 Å². The summed E-state index contributed by atoms with van der Waals surface area (Å²) in [6.45, 7) is 5.93. The lowest BCUT2D eigenvalue weighted by Gasteiger charge is -2.16. The molecule has 21 heavy (non-hydrogen) atoms. The van der Waals surface area contributed by atoms with Crippen molar-refractivity contribution >= 4 is 11.8 Å². The van der Waals surface area contributed by atoms with Gasteiger partial charge >= 0.3 is 5.97 Å². The van der Waals surface area contributed by atoms with Crippen LogP contribution in [0.3, 0.4) is 0 Å². The van der Waals surface area contributed by atoms with E-state index < -0.39 is 5.97 Å². The Morgan fingerprint density at radius 1 is 1.33 bits per heavy atom. The van der Waals surface area contributed by atoms with Crippen LogP contribution in [0.25, 0.3) is 0 Å². The molecule has 2 atom stereocenters. The van der Waals surface area contributed by atoms with E-state index in [1.54, 1.807) is 12.1 Å². The molecule has 0 radical (unpaired) electrons. The SMILES string of the molecule is CC(=O)c1ccccc1OCCN1CC(C)C(C(=O)O)C1. The third-order valence-electron chi connectivity index (χ3n) is 3.94. The number of ketones is 1. The molecule has 0 amide bonds. The van der Waals surface area contributed by atoms with Crippen LogP contribution in [0.4, 0.5) is 0 Å². The fraction of sp³-hybridized carbons (Fsp3) is 0.500. The summed E-state index contributed by atoms with van der Waals surface area (Å²) in [6, 6.07) is 7.17. The summed E-state index contributed by atoms with van der Waals surface area (Å²) in [5.74, 6) is -0.298. The van der Waals surface area contributed by atoms with E-state index >= 15 is 0 Å². The van der Waals surface area contributed by atoms with Crippen LogP contribution in [0.2, 0.25) is 0 Å². The monoisotopic (exact) mass is 291 g/mol. The largest absolute Gasteiger partial charge is 0.491 e. The van der Waals surface area contributed by atoms with Gasteiger partial charge in [-0.25, -0.2) is 0 Å². The van der Waals surface area contributed by atoms with Gasteiger partial charge in [-0.2, -0.15) is 0 Å². The van der Waals surface area contributed by atoms with Gasteiger partial charge in [0.25, 0.3) is 0 Å². The van der Waals surface area contributed by atoms with Crippen molar-refractivity contribution in [3.8, 4) is 5.75 Å². The van der Waals surface area contributed by atoms with Gasteiger partial charge in [0.15, 0.2) is 5.78 Å². The lowest BCUT2D eigenvalue weighted by atomic mass is 9.99. The third-order valence-corrected chi connectivity index (χ3v) is 3.94. The number of likely N-dealkylation sites (tertiary alicyclic amines) is 1. The van der Waals surface area contributed by atoms with Gasteiger partial charge in [0.1, 0.15) is 12.4 Å². The second-order valence-corrected chi connectivity index (χ2v) is 5.58. The Labute approximate surface area is 124 Å². The van der Waals surface area contributed by atoms with Crippen molar-refractivity contribution in [2.24, 2.45) is 11.8 Å². The molecular formula is C16H21NO4. The van der Waals surface area contributed by atoms with E-state index in [1.165, 1.54) is 6.92 Å². The maximum atomic E-state index is 11.5. The van der Waals surface area contributed by atoms with E-state index in [9.17, 15) is 9.59 Å². The first-order chi connectivity index (χ1) is 9.99. The highest BCUT2D eigenvalue weighted by Crippen LogP contribution is 2.23. The maximum absolute atomic E-state index is 11.5. The van der Waals surface area contributed by atoms with E-state index in [4.69, 9.17) is 9.84 Å². The summed E-state index contributed by atoms with van der Waals surface area (Å²) in [7, 11) is 0. The molecule has 1 aromatic rings. The van der Waals surface area contributed by atoms with Crippen LogP contribution >= 0.6 is 0 Å². The average Bonchev–Trinajstić information content (AvgIpc) is 2.80. The average molecular weight is 291 g/mol. The molecular weight excluding hydrogens is 270 g/mol. The number of hydrogen-bond donors (Lipinski definition) is 1. The molecule has 0 aliphatic carbocycles. The lowest BCUT2D eigenvalue weighted by molar-refractivity contribution is -0.142. The van der Waals surface area contributed by atoms with Crippen LogP contribution in [-0.4, -0.2) is 48.0 Å². The van der Waals surface area contributed by atoms with Gasteiger partial charge in [0.2, 0.25) is 0 Å². The van der Waals surface area contributed by atoms with Gasteiger partial charge in [0.05, 0.1) is 11.5 Å². The van der Waals surface area contributed by atoms with Gasteiger partial charge in [-0.05, 0) is 25.0 Å². The van der Waals surface area contributed by atoms with Gasteiger partial charge < -0.3 is 9.84 Å². The Bertz CT molecular complexity index is 529. The number of carbonyl (C=O) groups excluding carboxylic acids is 1. The minimum atomic E-state index is -0.729. The van der Waals surface area contributed by atoms with Gasteiger partial charge in [0, 0.05) is 19.6 Å². The number of hydrogen-bond acceptors (Lipinski definition) is 4. The van der Waals surface area contributed by atoms with Crippen molar-refractivity contribution in [1.29, 1.82) is 0 Å². The number of Topliss-reactive ketones (excluding diaryl/α,β-unsaturated/α-hetero) is 1. The van der Waals surface area contributed by atoms with Crippen molar-refractivity contribution in [2.45, 2.75) is 13.8 Å². The minimum Gasteiger partial charge on any atom is -0.491 e. The number of para-hydroxylation sites is 1. The highest BCUT2D eigenvalue weighted by Gasteiger charge is 2.34. The fourth-order valence-electron chi connectivity index (χ4n) is 2.74. The molecule has 1 N–H and O–H groups in total. The molecule has 1 aliphatic heterocycles. The Morgan fingerprint density at radius 2 is 2.05 bits per heavy atom. The standard InChI is InChI=1S/C16H21NO4/c1-11-9-17(10-14(11)16(19)20)7-8-21-15-6-4-3-5-13(15)12(2)18/h3-6,11,14H,7-10H2,1-2H3,(H,19,20). The fourth-order valence-corrected chi connectivity index (χ4v) is 2.74. The van der Waals surface area contributed by atoms with E-state index in [0.717, 1.165) is 6.54 Å². The Hall–Kier alpha value is -1.88. The van der Waals surface area contributed by atoms with Crippen LogP contribution in [0.1, 0.15) is 24.2 Å². The molecule has 2 unspecified atom stereocenters. The maximum Gasteiger partial charge on any atom is 0.308 e. The second-order valence-electron chi connectivity index (χ2n) is 5.58. The predicted molar refractivity (Wildman–Crippen MR) is 78.7 cm³/mol. The summed E-state index contributed by atoms with van der Waals surface area (Å²) < 4.78 is 5.68. The molecule has 1 aliphatic rings. The molecule has 0 aromatic heterocycles. The Balaban J connectivity index is 1.86. The number of benzene rings is 1. The first-order valence-corrected chi connectivity index (χ1v) is 7.17. The molecule has 0 spiro atoms. The van der Waals surface area contributed by atoms with Gasteiger partial charge in [-0.3, -0.25) is 14.5 Å². The second kappa shape index (κ2) is 6.72. The molecule has 1 aromatic carbocycles. The van der Waals surface area contributed by atoms with E-state index in [2.05, 4.69) is 4.90 Å². The number of nitrogens with zero attached hydrogens (tertiary/aromatic N) is 1. The molecule has 2 rings (SSSR count). The first kappa shape index (κ1) is 15.5. The van der Waals surface area contributed by atoms with Crippen molar-refractivity contribution in [2.75, 3.05) is 26.2 Å². The highest BCUT2D eigenvalue weighted by atomic mass is 16.5. The zero-order valence-corrected chi connectivity index (χ0v) is 12.4. The van der Waals surface area contributed by atoms with Crippen LogP contribution < -0.4 is 4.74 Å². The summed E-state index contributed by atoms with van der Waals surface area (Å²) >= 11 is 0. The van der Waals surface area contributed by atoms with Crippen LogP contribution in [0.5, 0.6) is 5.75 Å². The molecule has 5 heteroatoms. The normalized spacial score (nSPS) is 22.2. The Morgan fingerprint density at radius 3 is 2.67 bits per heavy atom. The number of carboxylic acid groups (broad SMARTS) is 1. The molecule has 1 fully saturated rings. The van der Waals surface area contributed by atoms with Crippen molar-refractivity contribution < 1.29 is 19.4 Å². The van der Waals surface area contributed by atoms with Crippen molar-refractivity contribution in [3.63, 3.8) is 0 Å². The molecule has 114 valence electrons. The number of ether oxygens (including phenoxy) is 1. The van der Waals surface area contributed by atoms with Gasteiger partial charge in [-0.1, -0.05) is 19.1 Å². The molecule has 0 saturated carbocycles. The third kappa shape index (κ3) is 3.82. The topological polar surface area (TPSA) is 66.8 Å². The summed E-state index contributed by atoms with van der Waals surface area (Å²) in [5.41, 5.74) is 0.579. The van der Waals surface area contributed by atoms with E-state index in [0.29, 0.717) is 31.0 Å². The number of aliphatic carboxylic acids is 1. The van der Waals surface area contributed by atoms with Crippen LogP contribution in [0.15, 0.2) is 24.3 Å². The van der Waals surface area contributed by atoms with Crippen LogP contribution in [0, 0.1) is 11.8 Å². The van der Waals surface area contributed by atoms with E-state index in [-0.39, 0.29) is 17.6 Å². The summed E-state index contributed by atoms with van der Waals surface area (Å²) in [4.78, 5) is 24.7. The highest BCUT2D eigenvalue weighted by molar-refractivity contribution is 5.96. The van der Waals surface area contributed by atoms with E-state index in [1.807, 2.05) is 19.1 Å². The predicted octanol–water partition coefficient (Wildman–Crippen LogP) is 1.92. The number of carboxylic acids is 1. The molecule has 1 saturated heterocycles.